The van der Waals surface area contributed by atoms with Crippen molar-refractivity contribution in [1.82, 2.24) is 9.55 Å². The first-order valence-electron chi connectivity index (χ1n) is 7.23. The molecule has 1 aromatic heterocycles. The van der Waals surface area contributed by atoms with Crippen LogP contribution in [-0.4, -0.2) is 22.1 Å². The summed E-state index contributed by atoms with van der Waals surface area (Å²) in [6.07, 6.45) is 5.35. The SMILES string of the molecule is Cc1nccn1C[C@@H]1CCCN1c1c(F)cc(C#N)cc1F. The minimum atomic E-state index is -0.675. The summed E-state index contributed by atoms with van der Waals surface area (Å²) in [4.78, 5) is 5.94. The van der Waals surface area contributed by atoms with Crippen LogP contribution >= 0.6 is 0 Å². The molecule has 1 aliphatic heterocycles. The second-order valence-electron chi connectivity index (χ2n) is 5.52. The fourth-order valence-corrected chi connectivity index (χ4v) is 3.05. The van der Waals surface area contributed by atoms with Gasteiger partial charge >= 0.3 is 0 Å². The van der Waals surface area contributed by atoms with Crippen molar-refractivity contribution in [2.45, 2.75) is 32.4 Å². The predicted octanol–water partition coefficient (Wildman–Crippen LogP) is 3.01. The molecular formula is C16H16F2N4. The summed E-state index contributed by atoms with van der Waals surface area (Å²) in [7, 11) is 0. The summed E-state index contributed by atoms with van der Waals surface area (Å²) in [5.74, 6) is -0.468. The van der Waals surface area contributed by atoms with Gasteiger partial charge in [-0.15, -0.1) is 0 Å². The van der Waals surface area contributed by atoms with E-state index in [1.165, 1.54) is 0 Å². The maximum absolute atomic E-state index is 14.2. The number of hydrogen-bond acceptors (Lipinski definition) is 3. The van der Waals surface area contributed by atoms with Crippen LogP contribution in [0.1, 0.15) is 24.2 Å². The maximum atomic E-state index is 14.2. The molecule has 2 heterocycles. The number of rotatable bonds is 3. The Kier molecular flexibility index (Phi) is 3.80. The minimum Gasteiger partial charge on any atom is -0.362 e. The van der Waals surface area contributed by atoms with Gasteiger partial charge in [-0.1, -0.05) is 0 Å². The average molecular weight is 302 g/mol. The van der Waals surface area contributed by atoms with Crippen LogP contribution in [0.5, 0.6) is 0 Å². The van der Waals surface area contributed by atoms with Gasteiger partial charge in [-0.3, -0.25) is 0 Å². The minimum absolute atomic E-state index is 0.0000454. The van der Waals surface area contributed by atoms with Crippen LogP contribution in [0, 0.1) is 29.9 Å². The van der Waals surface area contributed by atoms with Crippen molar-refractivity contribution in [1.29, 1.82) is 5.26 Å². The maximum Gasteiger partial charge on any atom is 0.150 e. The Hall–Kier alpha value is -2.42. The van der Waals surface area contributed by atoms with Gasteiger partial charge in [0.2, 0.25) is 0 Å². The lowest BCUT2D eigenvalue weighted by atomic mass is 10.1. The Morgan fingerprint density at radius 3 is 2.68 bits per heavy atom. The van der Waals surface area contributed by atoms with Crippen molar-refractivity contribution in [2.24, 2.45) is 0 Å². The van der Waals surface area contributed by atoms with E-state index in [0.29, 0.717) is 13.1 Å². The summed E-state index contributed by atoms with van der Waals surface area (Å²) in [5, 5.41) is 8.79. The summed E-state index contributed by atoms with van der Waals surface area (Å²) in [5.41, 5.74) is -0.0285. The van der Waals surface area contributed by atoms with Crippen LogP contribution in [-0.2, 0) is 6.54 Å². The van der Waals surface area contributed by atoms with Crippen LogP contribution in [0.2, 0.25) is 0 Å². The number of hydrogen-bond donors (Lipinski definition) is 0. The van der Waals surface area contributed by atoms with E-state index >= 15 is 0 Å². The van der Waals surface area contributed by atoms with Crippen LogP contribution in [0.25, 0.3) is 0 Å². The molecule has 3 rings (SSSR count). The highest BCUT2D eigenvalue weighted by Gasteiger charge is 2.29. The molecule has 1 aliphatic rings. The monoisotopic (exact) mass is 302 g/mol. The van der Waals surface area contributed by atoms with Crippen LogP contribution in [0.3, 0.4) is 0 Å². The van der Waals surface area contributed by atoms with Gasteiger partial charge in [-0.2, -0.15) is 5.26 Å². The molecule has 0 bridgehead atoms. The molecule has 0 unspecified atom stereocenters. The van der Waals surface area contributed by atoms with E-state index in [2.05, 4.69) is 4.98 Å². The number of aromatic nitrogens is 2. The normalized spacial score (nSPS) is 17.7. The summed E-state index contributed by atoms with van der Waals surface area (Å²) in [6, 6.07) is 3.98. The number of nitrogens with zero attached hydrogens (tertiary/aromatic N) is 4. The molecule has 1 saturated heterocycles. The molecule has 0 spiro atoms. The van der Waals surface area contributed by atoms with Gasteiger partial charge in [0.15, 0.2) is 11.6 Å². The van der Waals surface area contributed by atoms with E-state index in [4.69, 9.17) is 5.26 Å². The molecule has 22 heavy (non-hydrogen) atoms. The molecule has 0 amide bonds. The smallest absolute Gasteiger partial charge is 0.150 e. The molecule has 0 aliphatic carbocycles. The van der Waals surface area contributed by atoms with Crippen LogP contribution in [0.15, 0.2) is 24.5 Å². The highest BCUT2D eigenvalue weighted by atomic mass is 19.1. The second-order valence-corrected chi connectivity index (χ2v) is 5.52. The first-order chi connectivity index (χ1) is 10.6. The summed E-state index contributed by atoms with van der Waals surface area (Å²) < 4.78 is 30.4. The largest absolute Gasteiger partial charge is 0.362 e. The Balaban J connectivity index is 1.91. The zero-order valence-electron chi connectivity index (χ0n) is 12.3. The van der Waals surface area contributed by atoms with E-state index in [-0.39, 0.29) is 17.3 Å². The quantitative estimate of drug-likeness (QED) is 0.875. The number of imidazole rings is 1. The van der Waals surface area contributed by atoms with E-state index < -0.39 is 11.6 Å². The molecule has 0 N–H and O–H groups in total. The topological polar surface area (TPSA) is 44.9 Å². The summed E-state index contributed by atoms with van der Waals surface area (Å²) >= 11 is 0. The van der Waals surface area contributed by atoms with E-state index in [1.807, 2.05) is 17.7 Å². The third kappa shape index (κ3) is 2.54. The fourth-order valence-electron chi connectivity index (χ4n) is 3.05. The molecule has 6 heteroatoms. The first-order valence-corrected chi connectivity index (χ1v) is 7.23. The van der Waals surface area contributed by atoms with Crippen molar-refractivity contribution in [3.05, 3.63) is 47.5 Å². The standard InChI is InChI=1S/C16H16F2N4/c1-11-20-4-6-21(11)10-13-3-2-5-22(13)16-14(17)7-12(9-19)8-15(16)18/h4,6-8,13H,2-3,5,10H2,1H3/t13-/m0/s1. The first kappa shape index (κ1) is 14.5. The molecule has 1 atom stereocenters. The van der Waals surface area contributed by atoms with E-state index in [0.717, 1.165) is 30.8 Å². The third-order valence-corrected chi connectivity index (χ3v) is 4.14. The zero-order chi connectivity index (χ0) is 15.7. The van der Waals surface area contributed by atoms with Gasteiger partial charge in [0.05, 0.1) is 11.6 Å². The summed E-state index contributed by atoms with van der Waals surface area (Å²) in [6.45, 7) is 3.16. The van der Waals surface area contributed by atoms with Crippen molar-refractivity contribution in [3.8, 4) is 6.07 Å². The Bertz CT molecular complexity index is 709. The average Bonchev–Trinajstić information content (AvgIpc) is 3.09. The molecule has 1 fully saturated rings. The molecular weight excluding hydrogens is 286 g/mol. The third-order valence-electron chi connectivity index (χ3n) is 4.14. The molecule has 4 nitrogen and oxygen atoms in total. The Labute approximate surface area is 127 Å². The molecule has 2 aromatic rings. The van der Waals surface area contributed by atoms with Crippen molar-refractivity contribution in [3.63, 3.8) is 0 Å². The lowest BCUT2D eigenvalue weighted by Gasteiger charge is -2.28. The molecule has 114 valence electrons. The van der Waals surface area contributed by atoms with Crippen molar-refractivity contribution >= 4 is 5.69 Å². The van der Waals surface area contributed by atoms with Crippen molar-refractivity contribution < 1.29 is 8.78 Å². The number of benzene rings is 1. The number of aryl methyl sites for hydroxylation is 1. The van der Waals surface area contributed by atoms with Gasteiger partial charge in [-0.05, 0) is 31.9 Å². The van der Waals surface area contributed by atoms with Crippen LogP contribution < -0.4 is 4.90 Å². The highest BCUT2D eigenvalue weighted by Crippen LogP contribution is 2.32. The Morgan fingerprint density at radius 2 is 2.09 bits per heavy atom. The lowest BCUT2D eigenvalue weighted by molar-refractivity contribution is 0.516. The predicted molar refractivity (Wildman–Crippen MR) is 78.4 cm³/mol. The number of anilines is 1. The Morgan fingerprint density at radius 1 is 1.36 bits per heavy atom. The second kappa shape index (κ2) is 5.76. The van der Waals surface area contributed by atoms with Gasteiger partial charge in [0, 0.05) is 31.5 Å². The fraction of sp³-hybridized carbons (Fsp3) is 0.375. The lowest BCUT2D eigenvalue weighted by Crippen LogP contribution is -2.34. The van der Waals surface area contributed by atoms with Crippen molar-refractivity contribution in [2.75, 3.05) is 11.4 Å². The number of halogens is 2. The highest BCUT2D eigenvalue weighted by molar-refractivity contribution is 5.54. The zero-order valence-corrected chi connectivity index (χ0v) is 12.3. The van der Waals surface area contributed by atoms with Gasteiger partial charge in [0.1, 0.15) is 11.5 Å². The van der Waals surface area contributed by atoms with E-state index in [9.17, 15) is 8.78 Å². The van der Waals surface area contributed by atoms with Gasteiger partial charge in [0.25, 0.3) is 0 Å². The van der Waals surface area contributed by atoms with E-state index in [1.54, 1.807) is 17.2 Å². The molecule has 0 saturated carbocycles. The number of nitriles is 1. The molecule has 1 aromatic carbocycles. The van der Waals surface area contributed by atoms with Gasteiger partial charge < -0.3 is 9.47 Å². The molecule has 0 radical (unpaired) electrons. The van der Waals surface area contributed by atoms with Crippen LogP contribution in [0.4, 0.5) is 14.5 Å². The van der Waals surface area contributed by atoms with Gasteiger partial charge in [-0.25, -0.2) is 13.8 Å².